The topological polar surface area (TPSA) is 167 Å². The van der Waals surface area contributed by atoms with Crippen LogP contribution >= 0.6 is 0 Å². The van der Waals surface area contributed by atoms with Gasteiger partial charge in [-0.25, -0.2) is 4.98 Å². The number of rotatable bonds is 13. The Morgan fingerprint density at radius 2 is 1.57 bits per heavy atom. The summed E-state index contributed by atoms with van der Waals surface area (Å²) in [6.07, 6.45) is 6.42. The number of carbonyl (C=O) groups excluding carboxylic acids is 3. The highest BCUT2D eigenvalue weighted by Gasteiger charge is 2.29. The molecule has 1 unspecified atom stereocenters. The number of aromatic amines is 1. The van der Waals surface area contributed by atoms with Gasteiger partial charge in [-0.2, -0.15) is 5.10 Å². The van der Waals surface area contributed by atoms with Crippen molar-refractivity contribution >= 4 is 23.4 Å². The van der Waals surface area contributed by atoms with Gasteiger partial charge in [0.1, 0.15) is 11.9 Å². The molecule has 3 amide bonds. The van der Waals surface area contributed by atoms with Crippen LogP contribution in [0.1, 0.15) is 79.7 Å². The van der Waals surface area contributed by atoms with Crippen LogP contribution in [0, 0.1) is 24.7 Å². The van der Waals surface area contributed by atoms with E-state index in [4.69, 9.17) is 5.73 Å². The predicted octanol–water partition coefficient (Wildman–Crippen LogP) is 5.56. The molecule has 1 aliphatic heterocycles. The Hall–Kier alpha value is -4.87. The van der Waals surface area contributed by atoms with Crippen LogP contribution in [0.2, 0.25) is 0 Å². The Bertz CT molecular complexity index is 1840. The summed E-state index contributed by atoms with van der Waals surface area (Å²) in [7, 11) is 0. The first-order chi connectivity index (χ1) is 25.6. The number of aromatic nitrogens is 3. The van der Waals surface area contributed by atoms with E-state index in [2.05, 4.69) is 50.3 Å². The van der Waals surface area contributed by atoms with Crippen LogP contribution in [-0.4, -0.2) is 64.6 Å². The molecule has 53 heavy (non-hydrogen) atoms. The Morgan fingerprint density at radius 3 is 2.23 bits per heavy atom. The van der Waals surface area contributed by atoms with E-state index in [1.807, 2.05) is 73.7 Å². The smallest absolute Gasteiger partial charge is 0.251 e. The summed E-state index contributed by atoms with van der Waals surface area (Å²) in [6.45, 7) is 8.77. The van der Waals surface area contributed by atoms with E-state index in [0.29, 0.717) is 41.9 Å². The largest absolute Gasteiger partial charge is 0.349 e. The van der Waals surface area contributed by atoms with Gasteiger partial charge in [0.2, 0.25) is 11.8 Å². The summed E-state index contributed by atoms with van der Waals surface area (Å²) in [4.78, 5) is 44.9. The zero-order valence-electron chi connectivity index (χ0n) is 31.2. The molecule has 3 aromatic carbocycles. The number of piperidine rings is 1. The summed E-state index contributed by atoms with van der Waals surface area (Å²) >= 11 is 0. The van der Waals surface area contributed by atoms with E-state index in [9.17, 15) is 14.4 Å². The number of H-pyrrole nitrogens is 1. The molecule has 1 saturated carbocycles. The number of carbonyl (C=O) groups is 3. The maximum absolute atomic E-state index is 13.8. The lowest BCUT2D eigenvalue weighted by molar-refractivity contribution is -0.130. The standard InChI is InChI=1S/C42H54N8O3/c1-26(2)22-38-48-39(50-49-38)31-12-15-34(16-13-31)46-42(53)37(47-40(51)32-10-6-29(25-43)7-11-32)24-28-4-8-30(9-5-28)36-17-14-33(23-27(36)3)41(52)45-35-18-20-44-21-19-35/h4-5,8-9,12-17,23,26,29,32,35,37,44H,6-7,10-11,18-22,24-25,43H2,1-3H3,(H,45,52)(H,46,53)(H,47,51)(H,48,49,50). The Balaban J connectivity index is 1.13. The van der Waals surface area contributed by atoms with Crippen LogP contribution < -0.4 is 27.0 Å². The molecular formula is C42H54N8O3. The molecule has 2 heterocycles. The molecule has 1 atom stereocenters. The van der Waals surface area contributed by atoms with Gasteiger partial charge in [-0.3, -0.25) is 19.5 Å². The third-order valence-electron chi connectivity index (χ3n) is 10.6. The van der Waals surface area contributed by atoms with Gasteiger partial charge in [0.15, 0.2) is 5.82 Å². The molecule has 0 spiro atoms. The minimum atomic E-state index is -0.772. The van der Waals surface area contributed by atoms with Crippen molar-refractivity contribution in [2.75, 3.05) is 25.0 Å². The fraction of sp³-hybridized carbons (Fsp3) is 0.452. The van der Waals surface area contributed by atoms with Gasteiger partial charge in [0.05, 0.1) is 0 Å². The maximum Gasteiger partial charge on any atom is 0.251 e. The lowest BCUT2D eigenvalue weighted by Crippen LogP contribution is -2.48. The van der Waals surface area contributed by atoms with Crippen molar-refractivity contribution in [2.45, 2.75) is 84.2 Å². The number of amides is 3. The second kappa shape index (κ2) is 17.8. The van der Waals surface area contributed by atoms with E-state index < -0.39 is 6.04 Å². The van der Waals surface area contributed by atoms with E-state index in [-0.39, 0.29) is 29.7 Å². The molecule has 0 bridgehead atoms. The number of nitrogens with one attached hydrogen (secondary N) is 5. The minimum absolute atomic E-state index is 0.0398. The van der Waals surface area contributed by atoms with Crippen LogP contribution in [0.5, 0.6) is 0 Å². The summed E-state index contributed by atoms with van der Waals surface area (Å²) in [5.74, 6) is 1.83. The lowest BCUT2D eigenvalue weighted by Gasteiger charge is -2.28. The average Bonchev–Trinajstić information content (AvgIpc) is 3.63. The normalized spacial score (nSPS) is 18.4. The van der Waals surface area contributed by atoms with E-state index in [1.165, 1.54) is 0 Å². The zero-order chi connectivity index (χ0) is 37.3. The number of hydrogen-bond donors (Lipinski definition) is 6. The molecule has 1 aromatic heterocycles. The van der Waals surface area contributed by atoms with Crippen LogP contribution in [0.25, 0.3) is 22.5 Å². The predicted molar refractivity (Wildman–Crippen MR) is 209 cm³/mol. The van der Waals surface area contributed by atoms with Crippen molar-refractivity contribution in [2.24, 2.45) is 23.5 Å². The fourth-order valence-corrected chi connectivity index (χ4v) is 7.41. The van der Waals surface area contributed by atoms with Gasteiger partial charge < -0.3 is 27.0 Å². The SMILES string of the molecule is Cc1cc(C(=O)NC2CCNCC2)ccc1-c1ccc(CC(NC(=O)C2CCC(CN)CC2)C(=O)Nc2ccc(-c3n[nH]c(CC(C)C)n3)cc2)cc1. The summed E-state index contributed by atoms with van der Waals surface area (Å²) in [6, 6.07) is 20.8. The third-order valence-corrected chi connectivity index (χ3v) is 10.6. The monoisotopic (exact) mass is 718 g/mol. The number of anilines is 1. The molecular weight excluding hydrogens is 665 g/mol. The van der Waals surface area contributed by atoms with E-state index in [1.54, 1.807) is 0 Å². The lowest BCUT2D eigenvalue weighted by atomic mass is 9.81. The van der Waals surface area contributed by atoms with Crippen LogP contribution in [0.3, 0.4) is 0 Å². The third kappa shape index (κ3) is 10.2. The molecule has 7 N–H and O–H groups in total. The number of nitrogens with zero attached hydrogens (tertiary/aromatic N) is 2. The van der Waals surface area contributed by atoms with Gasteiger partial charge in [-0.1, -0.05) is 44.2 Å². The highest BCUT2D eigenvalue weighted by Crippen LogP contribution is 2.29. The molecule has 1 aliphatic carbocycles. The van der Waals surface area contributed by atoms with Gasteiger partial charge in [-0.15, -0.1) is 0 Å². The highest BCUT2D eigenvalue weighted by molar-refractivity contribution is 5.98. The first kappa shape index (κ1) is 37.9. The molecule has 6 rings (SSSR count). The molecule has 1 saturated heterocycles. The number of aryl methyl sites for hydroxylation is 1. The first-order valence-electron chi connectivity index (χ1n) is 19.2. The fourth-order valence-electron chi connectivity index (χ4n) is 7.41. The first-order valence-corrected chi connectivity index (χ1v) is 19.2. The van der Waals surface area contributed by atoms with Crippen molar-refractivity contribution in [1.29, 1.82) is 0 Å². The molecule has 11 heteroatoms. The molecule has 4 aromatic rings. The van der Waals surface area contributed by atoms with Gasteiger partial charge >= 0.3 is 0 Å². The molecule has 2 aliphatic rings. The van der Waals surface area contributed by atoms with Crippen molar-refractivity contribution in [3.63, 3.8) is 0 Å². The average molecular weight is 719 g/mol. The summed E-state index contributed by atoms with van der Waals surface area (Å²) in [5, 5.41) is 20.0. The quantitative estimate of drug-likeness (QED) is 0.105. The summed E-state index contributed by atoms with van der Waals surface area (Å²) in [5.41, 5.74) is 12.0. The van der Waals surface area contributed by atoms with E-state index >= 15 is 0 Å². The second-order valence-corrected chi connectivity index (χ2v) is 15.2. The molecule has 2 fully saturated rings. The Labute approximate surface area is 312 Å². The summed E-state index contributed by atoms with van der Waals surface area (Å²) < 4.78 is 0. The Kier molecular flexibility index (Phi) is 12.7. The van der Waals surface area contributed by atoms with Gasteiger partial charge in [0.25, 0.3) is 5.91 Å². The molecule has 280 valence electrons. The van der Waals surface area contributed by atoms with Crippen molar-refractivity contribution in [3.05, 3.63) is 89.2 Å². The number of hydrogen-bond acceptors (Lipinski definition) is 7. The van der Waals surface area contributed by atoms with Crippen molar-refractivity contribution in [3.8, 4) is 22.5 Å². The van der Waals surface area contributed by atoms with Crippen molar-refractivity contribution in [1.82, 2.24) is 31.1 Å². The van der Waals surface area contributed by atoms with Crippen LogP contribution in [-0.2, 0) is 22.4 Å². The van der Waals surface area contributed by atoms with Gasteiger partial charge in [-0.05, 0) is 136 Å². The van der Waals surface area contributed by atoms with Crippen LogP contribution in [0.4, 0.5) is 5.69 Å². The zero-order valence-corrected chi connectivity index (χ0v) is 31.2. The second-order valence-electron chi connectivity index (χ2n) is 15.2. The molecule has 0 radical (unpaired) electrons. The maximum atomic E-state index is 13.8. The minimum Gasteiger partial charge on any atom is -0.349 e. The van der Waals surface area contributed by atoms with Gasteiger partial charge in [0, 0.05) is 41.6 Å². The Morgan fingerprint density at radius 1 is 0.868 bits per heavy atom. The number of benzene rings is 3. The number of nitrogens with two attached hydrogens (primary N) is 1. The highest BCUT2D eigenvalue weighted by atomic mass is 16.2. The van der Waals surface area contributed by atoms with Crippen LogP contribution in [0.15, 0.2) is 66.7 Å². The van der Waals surface area contributed by atoms with E-state index in [0.717, 1.165) is 91.7 Å². The van der Waals surface area contributed by atoms with Crippen molar-refractivity contribution < 1.29 is 14.4 Å². The molecule has 11 nitrogen and oxygen atoms in total.